The largest absolute Gasteiger partial charge is 0.472 e. The van der Waals surface area contributed by atoms with Crippen LogP contribution in [-0.2, 0) is 27.9 Å². The third-order valence-electron chi connectivity index (χ3n) is 9.69. The zero-order valence-electron chi connectivity index (χ0n) is 37.0. The lowest BCUT2D eigenvalue weighted by Crippen LogP contribution is -2.29. The number of esters is 1. The van der Waals surface area contributed by atoms with E-state index >= 15 is 0 Å². The monoisotopic (exact) mass is 839 g/mol. The second-order valence-electron chi connectivity index (χ2n) is 15.4. The lowest BCUT2D eigenvalue weighted by atomic mass is 10.1. The standard InChI is InChI=1S/C48H87O9P/c1-3-5-7-9-11-13-15-17-19-21-22-23-25-27-29-31-33-35-37-39-41-54-44-47(45-56-58(52,53)55-43-46(50)42-49)57-48(51)40-38-36-34-32-30-28-26-24-20-18-16-14-12-10-8-6-4-2/h6,8,12,14,17-20,26,28,46-47,49-50H,3-5,7,9-11,13,15-16,21-25,27,29-45H2,1-2H3,(H,52,53)/b8-6-,14-12-,19-17-,20-18-,28-26-. The van der Waals surface area contributed by atoms with Crippen molar-refractivity contribution in [1.29, 1.82) is 0 Å². The van der Waals surface area contributed by atoms with Crippen molar-refractivity contribution in [2.75, 3.05) is 33.0 Å². The third kappa shape index (κ3) is 43.7. The number of aliphatic hydroxyl groups is 2. The maximum atomic E-state index is 12.6. The molecule has 3 N–H and O–H groups in total. The predicted molar refractivity (Wildman–Crippen MR) is 242 cm³/mol. The summed E-state index contributed by atoms with van der Waals surface area (Å²) in [6.07, 6.45) is 51.8. The third-order valence-corrected chi connectivity index (χ3v) is 10.6. The van der Waals surface area contributed by atoms with Crippen molar-refractivity contribution in [3.05, 3.63) is 60.8 Å². The average molecular weight is 839 g/mol. The van der Waals surface area contributed by atoms with E-state index in [1.807, 2.05) is 0 Å². The topological polar surface area (TPSA) is 132 Å². The highest BCUT2D eigenvalue weighted by atomic mass is 31.2. The molecule has 0 bridgehead atoms. The molecule has 0 fully saturated rings. The number of hydrogen-bond donors (Lipinski definition) is 3. The number of rotatable bonds is 44. The van der Waals surface area contributed by atoms with Gasteiger partial charge in [0.1, 0.15) is 12.2 Å². The van der Waals surface area contributed by atoms with Crippen molar-refractivity contribution in [2.24, 2.45) is 0 Å². The lowest BCUT2D eigenvalue weighted by molar-refractivity contribution is -0.154. The van der Waals surface area contributed by atoms with Crippen LogP contribution >= 0.6 is 7.82 Å². The molecule has 58 heavy (non-hydrogen) atoms. The van der Waals surface area contributed by atoms with Gasteiger partial charge in [-0.25, -0.2) is 4.57 Å². The van der Waals surface area contributed by atoms with Crippen LogP contribution in [-0.4, -0.2) is 66.3 Å². The highest BCUT2D eigenvalue weighted by Gasteiger charge is 2.26. The number of unbranched alkanes of at least 4 members (excludes halogenated alkanes) is 20. The summed E-state index contributed by atoms with van der Waals surface area (Å²) in [5.74, 6) is -0.406. The highest BCUT2D eigenvalue weighted by Crippen LogP contribution is 2.43. The van der Waals surface area contributed by atoms with Gasteiger partial charge in [-0.2, -0.15) is 0 Å². The summed E-state index contributed by atoms with van der Waals surface area (Å²) in [5, 5.41) is 18.4. The Morgan fingerprint density at radius 3 is 1.50 bits per heavy atom. The minimum absolute atomic E-state index is 0.0365. The van der Waals surface area contributed by atoms with Crippen LogP contribution in [0.1, 0.15) is 194 Å². The van der Waals surface area contributed by atoms with Crippen LogP contribution in [0.3, 0.4) is 0 Å². The van der Waals surface area contributed by atoms with E-state index in [4.69, 9.17) is 23.6 Å². The number of aliphatic hydroxyl groups excluding tert-OH is 2. The SMILES string of the molecule is CC/C=C\C/C=C\C/C=C\C/C=C\CCCCCCC(=O)OC(COCCCCCCCCCCCC/C=C\CCCCCCCC)COP(=O)(O)OCC(O)CO. The molecule has 3 atom stereocenters. The first kappa shape index (κ1) is 56.2. The van der Waals surface area contributed by atoms with E-state index in [1.54, 1.807) is 0 Å². The maximum Gasteiger partial charge on any atom is 0.472 e. The minimum atomic E-state index is -4.53. The van der Waals surface area contributed by atoms with E-state index in [2.05, 4.69) is 74.6 Å². The van der Waals surface area contributed by atoms with Crippen molar-refractivity contribution in [1.82, 2.24) is 0 Å². The van der Waals surface area contributed by atoms with Gasteiger partial charge in [-0.3, -0.25) is 13.8 Å². The molecule has 0 aromatic rings. The normalized spacial score (nSPS) is 14.5. The van der Waals surface area contributed by atoms with Crippen LogP contribution in [0.25, 0.3) is 0 Å². The quantitative estimate of drug-likeness (QED) is 0.0237. The molecule has 0 aliphatic heterocycles. The van der Waals surface area contributed by atoms with E-state index in [1.165, 1.54) is 96.3 Å². The molecule has 338 valence electrons. The molecule has 0 amide bonds. The van der Waals surface area contributed by atoms with Crippen LogP contribution in [0, 0.1) is 0 Å². The summed E-state index contributed by atoms with van der Waals surface area (Å²) < 4.78 is 33.4. The maximum absolute atomic E-state index is 12.6. The van der Waals surface area contributed by atoms with Crippen molar-refractivity contribution >= 4 is 13.8 Å². The Morgan fingerprint density at radius 2 is 0.983 bits per heavy atom. The molecule has 0 saturated carbocycles. The van der Waals surface area contributed by atoms with Gasteiger partial charge in [0.2, 0.25) is 0 Å². The highest BCUT2D eigenvalue weighted by molar-refractivity contribution is 7.47. The van der Waals surface area contributed by atoms with Crippen LogP contribution in [0.4, 0.5) is 0 Å². The number of hydrogen-bond acceptors (Lipinski definition) is 8. The Hall–Kier alpha value is -1.84. The molecule has 9 nitrogen and oxygen atoms in total. The molecular weight excluding hydrogens is 751 g/mol. The van der Waals surface area contributed by atoms with Gasteiger partial charge in [-0.15, -0.1) is 0 Å². The Kier molecular flexibility index (Phi) is 43.3. The fourth-order valence-electron chi connectivity index (χ4n) is 6.16. The fraction of sp³-hybridized carbons (Fsp3) is 0.771. The van der Waals surface area contributed by atoms with E-state index in [9.17, 15) is 19.4 Å². The van der Waals surface area contributed by atoms with Gasteiger partial charge in [-0.1, -0.05) is 171 Å². The van der Waals surface area contributed by atoms with Crippen molar-refractivity contribution in [2.45, 2.75) is 206 Å². The molecule has 0 spiro atoms. The molecule has 10 heteroatoms. The molecule has 3 unspecified atom stereocenters. The molecule has 0 aromatic heterocycles. The molecule has 0 aliphatic carbocycles. The summed E-state index contributed by atoms with van der Waals surface area (Å²) >= 11 is 0. The first-order chi connectivity index (χ1) is 28.3. The van der Waals surface area contributed by atoms with Crippen LogP contribution in [0.15, 0.2) is 60.8 Å². The van der Waals surface area contributed by atoms with Crippen molar-refractivity contribution < 1.29 is 43.0 Å². The first-order valence-corrected chi connectivity index (χ1v) is 24.8. The van der Waals surface area contributed by atoms with Gasteiger partial charge >= 0.3 is 13.8 Å². The number of carbonyl (C=O) groups is 1. The zero-order chi connectivity index (χ0) is 42.5. The van der Waals surface area contributed by atoms with Gasteiger partial charge in [0.15, 0.2) is 0 Å². The number of ether oxygens (including phenoxy) is 2. The Bertz CT molecular complexity index is 1090. The molecule has 0 aromatic carbocycles. The number of carbonyl (C=O) groups excluding carboxylic acids is 1. The fourth-order valence-corrected chi connectivity index (χ4v) is 6.95. The van der Waals surface area contributed by atoms with Crippen LogP contribution < -0.4 is 0 Å². The van der Waals surface area contributed by atoms with Crippen molar-refractivity contribution in [3.8, 4) is 0 Å². The second kappa shape index (κ2) is 44.7. The Labute approximate surface area is 355 Å². The van der Waals surface area contributed by atoms with Crippen molar-refractivity contribution in [3.63, 3.8) is 0 Å². The van der Waals surface area contributed by atoms with Gasteiger partial charge in [0, 0.05) is 13.0 Å². The molecule has 0 heterocycles. The van der Waals surface area contributed by atoms with Crippen LogP contribution in [0.2, 0.25) is 0 Å². The van der Waals surface area contributed by atoms with Gasteiger partial charge in [-0.05, 0) is 77.0 Å². The van der Waals surface area contributed by atoms with Crippen LogP contribution in [0.5, 0.6) is 0 Å². The number of phosphoric acid groups is 1. The van der Waals surface area contributed by atoms with E-state index in [0.29, 0.717) is 13.0 Å². The predicted octanol–water partition coefficient (Wildman–Crippen LogP) is 13.1. The molecular formula is C48H87O9P. The van der Waals surface area contributed by atoms with Gasteiger partial charge < -0.3 is 24.6 Å². The second-order valence-corrected chi connectivity index (χ2v) is 16.8. The number of allylic oxidation sites excluding steroid dienone is 10. The number of phosphoric ester groups is 1. The summed E-state index contributed by atoms with van der Waals surface area (Å²) in [5.41, 5.74) is 0. The Morgan fingerprint density at radius 1 is 0.552 bits per heavy atom. The lowest BCUT2D eigenvalue weighted by Gasteiger charge is -2.20. The minimum Gasteiger partial charge on any atom is -0.457 e. The summed E-state index contributed by atoms with van der Waals surface area (Å²) in [7, 11) is -4.53. The summed E-state index contributed by atoms with van der Waals surface area (Å²) in [6, 6.07) is 0. The first-order valence-electron chi connectivity index (χ1n) is 23.3. The van der Waals surface area contributed by atoms with E-state index in [-0.39, 0.29) is 19.6 Å². The Balaban J connectivity index is 4.17. The average Bonchev–Trinajstić information content (AvgIpc) is 3.21. The van der Waals surface area contributed by atoms with E-state index in [0.717, 1.165) is 70.6 Å². The molecule has 0 rings (SSSR count). The molecule has 0 saturated heterocycles. The zero-order valence-corrected chi connectivity index (χ0v) is 37.9. The van der Waals surface area contributed by atoms with Gasteiger partial charge in [0.05, 0.1) is 26.4 Å². The smallest absolute Gasteiger partial charge is 0.457 e. The molecule has 0 aliphatic rings. The summed E-state index contributed by atoms with van der Waals surface area (Å²) in [4.78, 5) is 22.6. The molecule has 0 radical (unpaired) electrons. The van der Waals surface area contributed by atoms with E-state index < -0.39 is 39.2 Å². The van der Waals surface area contributed by atoms with Gasteiger partial charge in [0.25, 0.3) is 0 Å². The summed E-state index contributed by atoms with van der Waals surface area (Å²) in [6.45, 7) is 3.37.